The minimum atomic E-state index is -1.40. The summed E-state index contributed by atoms with van der Waals surface area (Å²) in [6.45, 7) is 4.96. The van der Waals surface area contributed by atoms with E-state index in [1.54, 1.807) is 4.90 Å². The summed E-state index contributed by atoms with van der Waals surface area (Å²) in [6, 6.07) is 0. The van der Waals surface area contributed by atoms with Crippen molar-refractivity contribution in [2.24, 2.45) is 0 Å². The Morgan fingerprint density at radius 3 is 2.77 bits per heavy atom. The second kappa shape index (κ2) is 3.33. The molecule has 1 atom stereocenters. The third-order valence-electron chi connectivity index (χ3n) is 2.54. The zero-order valence-electron chi connectivity index (χ0n) is 7.83. The van der Waals surface area contributed by atoms with Gasteiger partial charge in [-0.2, -0.15) is 0 Å². The monoisotopic (exact) mass is 186 g/mol. The lowest BCUT2D eigenvalue weighted by Gasteiger charge is -2.39. The molecular formula is C8H14N2O3. The number of carbonyl (C=O) groups is 2. The molecule has 1 fully saturated rings. The van der Waals surface area contributed by atoms with Crippen LogP contribution < -0.4 is 5.32 Å². The van der Waals surface area contributed by atoms with Gasteiger partial charge < -0.3 is 10.4 Å². The minimum absolute atomic E-state index is 0.423. The second-order valence-electron chi connectivity index (χ2n) is 3.21. The van der Waals surface area contributed by atoms with E-state index in [1.165, 1.54) is 6.92 Å². The van der Waals surface area contributed by atoms with Crippen molar-refractivity contribution in [1.29, 1.82) is 0 Å². The Hall–Kier alpha value is -1.10. The predicted octanol–water partition coefficient (Wildman–Crippen LogP) is -0.719. The number of hydrogen-bond acceptors (Lipinski definition) is 3. The van der Waals surface area contributed by atoms with Crippen molar-refractivity contribution < 1.29 is 14.7 Å². The fourth-order valence-electron chi connectivity index (χ4n) is 1.55. The predicted molar refractivity (Wildman–Crippen MR) is 46.3 cm³/mol. The Morgan fingerprint density at radius 1 is 1.77 bits per heavy atom. The third kappa shape index (κ3) is 1.39. The van der Waals surface area contributed by atoms with Crippen molar-refractivity contribution in [1.82, 2.24) is 10.2 Å². The molecule has 0 aromatic heterocycles. The topological polar surface area (TPSA) is 69.6 Å². The van der Waals surface area contributed by atoms with Gasteiger partial charge in [-0.1, -0.05) is 6.92 Å². The number of rotatable bonds is 2. The van der Waals surface area contributed by atoms with Crippen LogP contribution in [-0.2, 0) is 9.59 Å². The van der Waals surface area contributed by atoms with E-state index in [1.807, 2.05) is 6.92 Å². The Bertz CT molecular complexity index is 242. The van der Waals surface area contributed by atoms with Crippen LogP contribution in [0.2, 0.25) is 0 Å². The number of piperazine rings is 1. The number of hydrogen-bond donors (Lipinski definition) is 2. The van der Waals surface area contributed by atoms with Gasteiger partial charge in [-0.3, -0.25) is 9.69 Å². The SMILES string of the molecule is CCN1CCNC(=O)C1(C)C(=O)O. The van der Waals surface area contributed by atoms with Crippen molar-refractivity contribution in [3.8, 4) is 0 Å². The molecule has 1 aliphatic rings. The van der Waals surface area contributed by atoms with Crippen LogP contribution in [0.4, 0.5) is 0 Å². The number of nitrogens with one attached hydrogen (secondary N) is 1. The lowest BCUT2D eigenvalue weighted by atomic mass is 9.96. The molecule has 5 nitrogen and oxygen atoms in total. The van der Waals surface area contributed by atoms with Gasteiger partial charge in [-0.05, 0) is 13.5 Å². The molecular weight excluding hydrogens is 172 g/mol. The molecule has 0 aliphatic carbocycles. The molecule has 0 aromatic carbocycles. The van der Waals surface area contributed by atoms with E-state index in [9.17, 15) is 9.59 Å². The lowest BCUT2D eigenvalue weighted by molar-refractivity contribution is -0.159. The molecule has 74 valence electrons. The van der Waals surface area contributed by atoms with E-state index in [4.69, 9.17) is 5.11 Å². The normalized spacial score (nSPS) is 29.8. The van der Waals surface area contributed by atoms with Gasteiger partial charge in [0.2, 0.25) is 0 Å². The van der Waals surface area contributed by atoms with Gasteiger partial charge in [0.05, 0.1) is 0 Å². The summed E-state index contributed by atoms with van der Waals surface area (Å²) in [7, 11) is 0. The Balaban J connectivity index is 2.97. The van der Waals surface area contributed by atoms with E-state index in [-0.39, 0.29) is 0 Å². The molecule has 1 aliphatic heterocycles. The first-order valence-corrected chi connectivity index (χ1v) is 4.30. The number of carboxylic acid groups (broad SMARTS) is 1. The van der Waals surface area contributed by atoms with Crippen LogP contribution in [0.25, 0.3) is 0 Å². The summed E-state index contributed by atoms with van der Waals surface area (Å²) in [5.41, 5.74) is -1.40. The molecule has 1 unspecified atom stereocenters. The molecule has 0 aromatic rings. The van der Waals surface area contributed by atoms with E-state index < -0.39 is 17.4 Å². The Kier molecular flexibility index (Phi) is 2.56. The highest BCUT2D eigenvalue weighted by Gasteiger charge is 2.48. The molecule has 13 heavy (non-hydrogen) atoms. The summed E-state index contributed by atoms with van der Waals surface area (Å²) in [4.78, 5) is 24.0. The van der Waals surface area contributed by atoms with Crippen molar-refractivity contribution in [3.63, 3.8) is 0 Å². The number of carboxylic acids is 1. The van der Waals surface area contributed by atoms with E-state index in [0.29, 0.717) is 19.6 Å². The molecule has 0 saturated carbocycles. The molecule has 0 spiro atoms. The van der Waals surface area contributed by atoms with Gasteiger partial charge in [0.15, 0.2) is 5.54 Å². The minimum Gasteiger partial charge on any atom is -0.479 e. The third-order valence-corrected chi connectivity index (χ3v) is 2.54. The first-order chi connectivity index (χ1) is 6.03. The fraction of sp³-hybridized carbons (Fsp3) is 0.750. The number of likely N-dealkylation sites (N-methyl/N-ethyl adjacent to an activating group) is 1. The van der Waals surface area contributed by atoms with Gasteiger partial charge >= 0.3 is 5.97 Å². The smallest absolute Gasteiger partial charge is 0.333 e. The summed E-state index contributed by atoms with van der Waals surface area (Å²) in [5, 5.41) is 11.5. The average molecular weight is 186 g/mol. The van der Waals surface area contributed by atoms with Crippen LogP contribution in [0, 0.1) is 0 Å². The van der Waals surface area contributed by atoms with Crippen LogP contribution >= 0.6 is 0 Å². The number of amides is 1. The van der Waals surface area contributed by atoms with Gasteiger partial charge in [0, 0.05) is 13.1 Å². The largest absolute Gasteiger partial charge is 0.479 e. The van der Waals surface area contributed by atoms with Crippen LogP contribution in [0.15, 0.2) is 0 Å². The highest BCUT2D eigenvalue weighted by Crippen LogP contribution is 2.18. The van der Waals surface area contributed by atoms with Crippen molar-refractivity contribution in [2.75, 3.05) is 19.6 Å². The molecule has 1 rings (SSSR count). The fourth-order valence-corrected chi connectivity index (χ4v) is 1.55. The first-order valence-electron chi connectivity index (χ1n) is 4.30. The standard InChI is InChI=1S/C8H14N2O3/c1-3-10-5-4-9-6(11)8(10,2)7(12)13/h3-5H2,1-2H3,(H,9,11)(H,12,13). The summed E-state index contributed by atoms with van der Waals surface area (Å²) in [6.07, 6.45) is 0. The number of aliphatic carboxylic acids is 1. The summed E-state index contributed by atoms with van der Waals surface area (Å²) < 4.78 is 0. The highest BCUT2D eigenvalue weighted by atomic mass is 16.4. The Morgan fingerprint density at radius 2 is 2.38 bits per heavy atom. The summed E-state index contributed by atoms with van der Waals surface area (Å²) >= 11 is 0. The maximum absolute atomic E-state index is 11.4. The summed E-state index contributed by atoms with van der Waals surface area (Å²) in [5.74, 6) is -1.51. The molecule has 0 radical (unpaired) electrons. The van der Waals surface area contributed by atoms with E-state index in [0.717, 1.165) is 0 Å². The Labute approximate surface area is 76.7 Å². The van der Waals surface area contributed by atoms with Crippen molar-refractivity contribution in [2.45, 2.75) is 19.4 Å². The van der Waals surface area contributed by atoms with Crippen LogP contribution in [0.1, 0.15) is 13.8 Å². The van der Waals surface area contributed by atoms with E-state index >= 15 is 0 Å². The second-order valence-corrected chi connectivity index (χ2v) is 3.21. The van der Waals surface area contributed by atoms with Gasteiger partial charge in [-0.25, -0.2) is 4.79 Å². The maximum atomic E-state index is 11.4. The quantitative estimate of drug-likeness (QED) is 0.558. The highest BCUT2D eigenvalue weighted by molar-refractivity contribution is 6.06. The molecule has 5 heteroatoms. The number of carbonyl (C=O) groups excluding carboxylic acids is 1. The zero-order valence-corrected chi connectivity index (χ0v) is 7.83. The first kappa shape index (κ1) is 9.98. The van der Waals surface area contributed by atoms with E-state index in [2.05, 4.69) is 5.32 Å². The maximum Gasteiger partial charge on any atom is 0.333 e. The van der Waals surface area contributed by atoms with Gasteiger partial charge in [-0.15, -0.1) is 0 Å². The molecule has 0 bridgehead atoms. The number of nitrogens with zero attached hydrogens (tertiary/aromatic N) is 1. The molecule has 2 N–H and O–H groups in total. The van der Waals surface area contributed by atoms with Gasteiger partial charge in [0.25, 0.3) is 5.91 Å². The average Bonchev–Trinajstić information content (AvgIpc) is 2.09. The lowest BCUT2D eigenvalue weighted by Crippen LogP contribution is -2.67. The van der Waals surface area contributed by atoms with Gasteiger partial charge in [0.1, 0.15) is 0 Å². The van der Waals surface area contributed by atoms with Crippen molar-refractivity contribution >= 4 is 11.9 Å². The molecule has 1 amide bonds. The van der Waals surface area contributed by atoms with Crippen LogP contribution in [0.3, 0.4) is 0 Å². The molecule has 1 saturated heterocycles. The van der Waals surface area contributed by atoms with Crippen molar-refractivity contribution in [3.05, 3.63) is 0 Å². The zero-order chi connectivity index (χ0) is 10.1. The molecule has 1 heterocycles. The van der Waals surface area contributed by atoms with Crippen LogP contribution in [0.5, 0.6) is 0 Å². The van der Waals surface area contributed by atoms with Crippen LogP contribution in [-0.4, -0.2) is 47.1 Å².